The summed E-state index contributed by atoms with van der Waals surface area (Å²) in [6, 6.07) is 3.45. The van der Waals surface area contributed by atoms with E-state index >= 15 is 0 Å². The number of amides is 1. The minimum atomic E-state index is -0.498. The van der Waals surface area contributed by atoms with Crippen molar-refractivity contribution in [2.24, 2.45) is 7.05 Å². The van der Waals surface area contributed by atoms with Crippen molar-refractivity contribution in [2.45, 2.75) is 6.42 Å². The number of aromatic nitrogens is 1. The molecule has 0 aromatic carbocycles. The van der Waals surface area contributed by atoms with Gasteiger partial charge in [0.15, 0.2) is 0 Å². The maximum atomic E-state index is 11.8. The highest BCUT2D eigenvalue weighted by molar-refractivity contribution is 8.04. The zero-order valence-electron chi connectivity index (χ0n) is 13.0. The number of thioether (sulfide) groups is 1. The van der Waals surface area contributed by atoms with Gasteiger partial charge in [-0.25, -0.2) is 9.59 Å². The van der Waals surface area contributed by atoms with Crippen LogP contribution in [0.4, 0.5) is 0 Å². The lowest BCUT2D eigenvalue weighted by Gasteiger charge is -2.16. The molecule has 124 valence electrons. The van der Waals surface area contributed by atoms with Crippen molar-refractivity contribution in [3.63, 3.8) is 0 Å². The molecule has 0 radical (unpaired) electrons. The van der Waals surface area contributed by atoms with Crippen LogP contribution in [0.2, 0.25) is 0 Å². The molecule has 7 nitrogen and oxygen atoms in total. The summed E-state index contributed by atoms with van der Waals surface area (Å²) in [4.78, 5) is 36.4. The number of hydrogen-bond acceptors (Lipinski definition) is 6. The maximum Gasteiger partial charge on any atom is 0.354 e. The Morgan fingerprint density at radius 2 is 2.22 bits per heavy atom. The first-order valence-corrected chi connectivity index (χ1v) is 8.02. The van der Waals surface area contributed by atoms with Crippen LogP contribution in [0, 0.1) is 0 Å². The van der Waals surface area contributed by atoms with E-state index in [4.69, 9.17) is 4.74 Å². The molecule has 0 spiro atoms. The van der Waals surface area contributed by atoms with Crippen LogP contribution in [-0.4, -0.2) is 53.3 Å². The zero-order chi connectivity index (χ0) is 16.8. The normalized spacial score (nSPS) is 16.0. The summed E-state index contributed by atoms with van der Waals surface area (Å²) in [6.45, 7) is 0.582. The first kappa shape index (κ1) is 17.1. The van der Waals surface area contributed by atoms with Crippen LogP contribution in [-0.2, 0) is 26.1 Å². The molecule has 0 saturated carbocycles. The Balaban J connectivity index is 1.82. The van der Waals surface area contributed by atoms with Gasteiger partial charge < -0.3 is 18.9 Å². The Labute approximate surface area is 138 Å². The summed E-state index contributed by atoms with van der Waals surface area (Å²) in [5.41, 5.74) is 0.476. The largest absolute Gasteiger partial charge is 0.466 e. The summed E-state index contributed by atoms with van der Waals surface area (Å²) in [5, 5.41) is 0.565. The van der Waals surface area contributed by atoms with E-state index in [-0.39, 0.29) is 12.5 Å². The van der Waals surface area contributed by atoms with Crippen LogP contribution < -0.4 is 0 Å². The van der Waals surface area contributed by atoms with Crippen molar-refractivity contribution in [1.82, 2.24) is 9.47 Å². The minimum absolute atomic E-state index is 0.0704. The molecule has 1 aliphatic heterocycles. The summed E-state index contributed by atoms with van der Waals surface area (Å²) in [6.07, 6.45) is 3.55. The number of carbonyl (C=O) groups is 3. The van der Waals surface area contributed by atoms with Crippen molar-refractivity contribution in [3.05, 3.63) is 35.1 Å². The molecule has 1 amide bonds. The molecule has 2 rings (SSSR count). The summed E-state index contributed by atoms with van der Waals surface area (Å²) >= 11 is 1.29. The molecule has 2 heterocycles. The molecule has 0 unspecified atom stereocenters. The molecule has 1 saturated heterocycles. The topological polar surface area (TPSA) is 77.8 Å². The van der Waals surface area contributed by atoms with Crippen molar-refractivity contribution >= 4 is 29.6 Å². The van der Waals surface area contributed by atoms with E-state index in [0.29, 0.717) is 29.4 Å². The third-order valence-electron chi connectivity index (χ3n) is 3.27. The summed E-state index contributed by atoms with van der Waals surface area (Å²) in [7, 11) is 3.05. The first-order chi connectivity index (χ1) is 11.0. The summed E-state index contributed by atoms with van der Waals surface area (Å²) < 4.78 is 11.4. The smallest absolute Gasteiger partial charge is 0.354 e. The van der Waals surface area contributed by atoms with Gasteiger partial charge in [0, 0.05) is 19.8 Å². The second-order valence-corrected chi connectivity index (χ2v) is 5.83. The van der Waals surface area contributed by atoms with E-state index < -0.39 is 11.9 Å². The molecular weight excluding hydrogens is 320 g/mol. The summed E-state index contributed by atoms with van der Waals surface area (Å²) in [5.74, 6) is -0.669. The first-order valence-electron chi connectivity index (χ1n) is 7.04. The molecule has 0 N–H and O–H groups in total. The highest BCUT2D eigenvalue weighted by atomic mass is 32.2. The van der Waals surface area contributed by atoms with Gasteiger partial charge in [-0.15, -0.1) is 0 Å². The zero-order valence-corrected chi connectivity index (χ0v) is 13.8. The lowest BCUT2D eigenvalue weighted by atomic mass is 10.4. The Morgan fingerprint density at radius 3 is 2.87 bits per heavy atom. The predicted octanol–water partition coefficient (Wildman–Crippen LogP) is 1.16. The number of methoxy groups -OCH3 is 1. The standard InChI is InChI=1S/C15H18N2O5S/c1-16-6-3-5-11(16)15(20)22-8-4-7-17-12(18)10-23-13(17)9-14(19)21-2/h3,5-6,9H,4,7-8,10H2,1-2H3/b13-9+. The van der Waals surface area contributed by atoms with Gasteiger partial charge in [0.25, 0.3) is 0 Å². The Kier molecular flexibility index (Phi) is 5.86. The second kappa shape index (κ2) is 7.87. The molecule has 0 bridgehead atoms. The molecule has 1 aliphatic rings. The van der Waals surface area contributed by atoms with Crippen LogP contribution in [0.3, 0.4) is 0 Å². The van der Waals surface area contributed by atoms with Crippen molar-refractivity contribution in [3.8, 4) is 0 Å². The lowest BCUT2D eigenvalue weighted by Crippen LogP contribution is -2.27. The van der Waals surface area contributed by atoms with Crippen LogP contribution in [0.5, 0.6) is 0 Å². The molecule has 1 aromatic rings. The van der Waals surface area contributed by atoms with E-state index in [1.54, 1.807) is 29.9 Å². The van der Waals surface area contributed by atoms with Crippen molar-refractivity contribution in [2.75, 3.05) is 26.0 Å². The number of nitrogens with zero attached hydrogens (tertiary/aromatic N) is 2. The quantitative estimate of drug-likeness (QED) is 0.440. The Morgan fingerprint density at radius 1 is 1.43 bits per heavy atom. The van der Waals surface area contributed by atoms with E-state index in [2.05, 4.69) is 4.74 Å². The number of ether oxygens (including phenoxy) is 2. The van der Waals surface area contributed by atoms with E-state index in [1.165, 1.54) is 29.8 Å². The van der Waals surface area contributed by atoms with Gasteiger partial charge in [0.1, 0.15) is 5.69 Å². The monoisotopic (exact) mass is 338 g/mol. The van der Waals surface area contributed by atoms with E-state index in [1.807, 2.05) is 0 Å². The number of hydrogen-bond donors (Lipinski definition) is 0. The van der Waals surface area contributed by atoms with Gasteiger partial charge in [-0.1, -0.05) is 11.8 Å². The van der Waals surface area contributed by atoms with Crippen LogP contribution in [0.1, 0.15) is 16.9 Å². The van der Waals surface area contributed by atoms with Crippen molar-refractivity contribution in [1.29, 1.82) is 0 Å². The number of esters is 2. The van der Waals surface area contributed by atoms with Gasteiger partial charge in [0.05, 0.1) is 30.6 Å². The van der Waals surface area contributed by atoms with Gasteiger partial charge >= 0.3 is 11.9 Å². The Bertz CT molecular complexity index is 638. The SMILES string of the molecule is COC(=O)/C=C1/SCC(=O)N1CCCOC(=O)c1cccn1C. The van der Waals surface area contributed by atoms with Gasteiger partial charge in [-0.3, -0.25) is 4.79 Å². The molecule has 8 heteroatoms. The average Bonchev–Trinajstić information content (AvgIpc) is 3.10. The molecule has 1 fully saturated rings. The molecular formula is C15H18N2O5S. The molecule has 0 atom stereocenters. The highest BCUT2D eigenvalue weighted by Crippen LogP contribution is 2.28. The fraction of sp³-hybridized carbons (Fsp3) is 0.400. The fourth-order valence-electron chi connectivity index (χ4n) is 2.06. The van der Waals surface area contributed by atoms with Crippen LogP contribution >= 0.6 is 11.8 Å². The lowest BCUT2D eigenvalue weighted by molar-refractivity contribution is -0.134. The van der Waals surface area contributed by atoms with Crippen LogP contribution in [0.25, 0.3) is 0 Å². The molecule has 1 aromatic heterocycles. The van der Waals surface area contributed by atoms with Gasteiger partial charge in [-0.05, 0) is 18.6 Å². The average molecular weight is 338 g/mol. The Hall–Kier alpha value is -2.22. The van der Waals surface area contributed by atoms with E-state index in [0.717, 1.165) is 0 Å². The minimum Gasteiger partial charge on any atom is -0.466 e. The van der Waals surface area contributed by atoms with E-state index in [9.17, 15) is 14.4 Å². The maximum absolute atomic E-state index is 11.8. The highest BCUT2D eigenvalue weighted by Gasteiger charge is 2.27. The predicted molar refractivity (Wildman–Crippen MR) is 84.6 cm³/mol. The third-order valence-corrected chi connectivity index (χ3v) is 4.29. The number of carbonyl (C=O) groups excluding carboxylic acids is 3. The second-order valence-electron chi connectivity index (χ2n) is 4.83. The van der Waals surface area contributed by atoms with Gasteiger partial charge in [-0.2, -0.15) is 0 Å². The third kappa shape index (κ3) is 4.38. The van der Waals surface area contributed by atoms with Crippen molar-refractivity contribution < 1.29 is 23.9 Å². The number of rotatable bonds is 6. The van der Waals surface area contributed by atoms with Gasteiger partial charge in [0.2, 0.25) is 5.91 Å². The molecule has 0 aliphatic carbocycles. The van der Waals surface area contributed by atoms with Crippen LogP contribution in [0.15, 0.2) is 29.4 Å². The fourth-order valence-corrected chi connectivity index (χ4v) is 3.02. The molecule has 23 heavy (non-hydrogen) atoms. The number of aryl methyl sites for hydroxylation is 1.